The number of ether oxygens (including phenoxy) is 1. The summed E-state index contributed by atoms with van der Waals surface area (Å²) in [5.41, 5.74) is 2.00. The highest BCUT2D eigenvalue weighted by molar-refractivity contribution is 5.94. The second-order valence-corrected chi connectivity index (χ2v) is 6.47. The molecule has 1 aromatic heterocycles. The summed E-state index contributed by atoms with van der Waals surface area (Å²) in [4.78, 5) is 38.4. The van der Waals surface area contributed by atoms with Crippen LogP contribution in [0.25, 0.3) is 10.9 Å². The smallest absolute Gasteiger partial charge is 0.306 e. The fourth-order valence-electron chi connectivity index (χ4n) is 2.80. The molecule has 0 spiro atoms. The highest BCUT2D eigenvalue weighted by Gasteiger charge is 2.12. The van der Waals surface area contributed by atoms with Crippen LogP contribution in [0.1, 0.15) is 12.0 Å². The number of carbonyl (C=O) groups is 3. The van der Waals surface area contributed by atoms with Crippen molar-refractivity contribution >= 4 is 34.4 Å². The third-order valence-corrected chi connectivity index (χ3v) is 4.29. The third kappa shape index (κ3) is 5.63. The fraction of sp³-hybridized carbons (Fsp3) is 0.190. The van der Waals surface area contributed by atoms with Crippen LogP contribution in [-0.2, 0) is 25.5 Å². The zero-order valence-electron chi connectivity index (χ0n) is 15.8. The minimum atomic E-state index is -1.10. The van der Waals surface area contributed by atoms with Gasteiger partial charge in [-0.25, -0.2) is 8.78 Å². The molecule has 0 aliphatic heterocycles. The van der Waals surface area contributed by atoms with Gasteiger partial charge in [-0.1, -0.05) is 18.2 Å². The normalized spacial score (nSPS) is 10.6. The lowest BCUT2D eigenvalue weighted by Gasteiger charge is -2.08. The van der Waals surface area contributed by atoms with Gasteiger partial charge >= 0.3 is 5.97 Å². The summed E-state index contributed by atoms with van der Waals surface area (Å²) in [6.07, 6.45) is 2.39. The first-order valence-corrected chi connectivity index (χ1v) is 9.14. The first-order valence-electron chi connectivity index (χ1n) is 9.14. The highest BCUT2D eigenvalue weighted by Crippen LogP contribution is 2.19. The number of anilines is 1. The first-order chi connectivity index (χ1) is 14.4. The molecular formula is C21H19F2N3O4. The van der Waals surface area contributed by atoms with Crippen LogP contribution in [0.4, 0.5) is 14.5 Å². The second-order valence-electron chi connectivity index (χ2n) is 6.47. The Morgan fingerprint density at radius 3 is 2.60 bits per heavy atom. The van der Waals surface area contributed by atoms with Crippen molar-refractivity contribution in [2.75, 3.05) is 18.5 Å². The van der Waals surface area contributed by atoms with E-state index in [2.05, 4.69) is 15.6 Å². The molecule has 0 saturated heterocycles. The molecule has 2 amide bonds. The van der Waals surface area contributed by atoms with Crippen LogP contribution in [0.5, 0.6) is 0 Å². The number of esters is 1. The van der Waals surface area contributed by atoms with Gasteiger partial charge in [-0.3, -0.25) is 14.4 Å². The molecule has 3 rings (SSSR count). The van der Waals surface area contributed by atoms with Crippen molar-refractivity contribution in [1.29, 1.82) is 0 Å². The largest absolute Gasteiger partial charge is 0.456 e. The van der Waals surface area contributed by atoms with Crippen LogP contribution in [0.3, 0.4) is 0 Å². The Morgan fingerprint density at radius 2 is 1.80 bits per heavy atom. The number of H-pyrrole nitrogens is 1. The van der Waals surface area contributed by atoms with Crippen molar-refractivity contribution in [2.24, 2.45) is 0 Å². The minimum Gasteiger partial charge on any atom is -0.456 e. The number of amides is 2. The van der Waals surface area contributed by atoms with Gasteiger partial charge in [0.25, 0.3) is 5.91 Å². The van der Waals surface area contributed by atoms with Crippen molar-refractivity contribution in [3.8, 4) is 0 Å². The molecule has 0 radical (unpaired) electrons. The van der Waals surface area contributed by atoms with Crippen LogP contribution in [-0.4, -0.2) is 35.9 Å². The number of rotatable bonds is 8. The number of aromatic amines is 1. The van der Waals surface area contributed by atoms with E-state index in [0.717, 1.165) is 28.6 Å². The van der Waals surface area contributed by atoms with Crippen LogP contribution in [0, 0.1) is 11.6 Å². The zero-order chi connectivity index (χ0) is 21.5. The van der Waals surface area contributed by atoms with E-state index in [-0.39, 0.29) is 12.1 Å². The van der Waals surface area contributed by atoms with Crippen LogP contribution in [0.15, 0.2) is 48.7 Å². The van der Waals surface area contributed by atoms with Gasteiger partial charge in [-0.2, -0.15) is 0 Å². The SMILES string of the molecule is O=C(COC(=O)CCc1c[nH]c2ccccc12)NCC(=O)Nc1ccc(F)c(F)c1. The molecular weight excluding hydrogens is 396 g/mol. The van der Waals surface area contributed by atoms with Gasteiger partial charge in [0.2, 0.25) is 5.91 Å². The van der Waals surface area contributed by atoms with E-state index in [1.807, 2.05) is 30.5 Å². The van der Waals surface area contributed by atoms with Gasteiger partial charge in [0.05, 0.1) is 6.54 Å². The summed E-state index contributed by atoms with van der Waals surface area (Å²) in [7, 11) is 0. The molecule has 3 aromatic rings. The van der Waals surface area contributed by atoms with Crippen LogP contribution < -0.4 is 10.6 Å². The number of halogens is 2. The summed E-state index contributed by atoms with van der Waals surface area (Å²) < 4.78 is 30.9. The number of benzene rings is 2. The Balaban J connectivity index is 1.36. The highest BCUT2D eigenvalue weighted by atomic mass is 19.2. The number of para-hydroxylation sites is 1. The Morgan fingerprint density at radius 1 is 1.00 bits per heavy atom. The molecule has 0 atom stereocenters. The van der Waals surface area contributed by atoms with E-state index < -0.39 is 42.6 Å². The van der Waals surface area contributed by atoms with Gasteiger partial charge in [-0.05, 0) is 30.2 Å². The monoisotopic (exact) mass is 415 g/mol. The topological polar surface area (TPSA) is 100 Å². The number of hydrogen-bond donors (Lipinski definition) is 3. The molecule has 0 aliphatic rings. The average Bonchev–Trinajstić information content (AvgIpc) is 3.15. The number of aryl methyl sites for hydroxylation is 1. The molecule has 2 aromatic carbocycles. The first kappa shape index (κ1) is 21.0. The molecule has 156 valence electrons. The zero-order valence-corrected chi connectivity index (χ0v) is 15.8. The number of nitrogens with one attached hydrogen (secondary N) is 3. The average molecular weight is 415 g/mol. The van der Waals surface area contributed by atoms with E-state index in [9.17, 15) is 23.2 Å². The molecule has 0 unspecified atom stereocenters. The quantitative estimate of drug-likeness (QED) is 0.493. The fourth-order valence-corrected chi connectivity index (χ4v) is 2.80. The molecule has 0 aliphatic carbocycles. The molecule has 0 saturated carbocycles. The Kier molecular flexibility index (Phi) is 6.74. The maximum atomic E-state index is 13.1. The van der Waals surface area contributed by atoms with Crippen molar-refractivity contribution in [2.45, 2.75) is 12.8 Å². The maximum absolute atomic E-state index is 13.1. The van der Waals surface area contributed by atoms with Crippen molar-refractivity contribution in [1.82, 2.24) is 10.3 Å². The van der Waals surface area contributed by atoms with Crippen LogP contribution >= 0.6 is 0 Å². The number of aromatic nitrogens is 1. The van der Waals surface area contributed by atoms with Gasteiger partial charge in [-0.15, -0.1) is 0 Å². The summed E-state index contributed by atoms with van der Waals surface area (Å²) in [5.74, 6) is -3.97. The molecule has 1 heterocycles. The van der Waals surface area contributed by atoms with Crippen molar-refractivity contribution in [3.05, 3.63) is 65.9 Å². The van der Waals surface area contributed by atoms with Gasteiger partial charge in [0, 0.05) is 35.3 Å². The third-order valence-electron chi connectivity index (χ3n) is 4.29. The Labute approximate surface area is 170 Å². The summed E-state index contributed by atoms with van der Waals surface area (Å²) in [6, 6.07) is 10.6. The standard InChI is InChI=1S/C21H19F2N3O4/c22-16-7-6-14(9-17(16)23)26-19(27)11-25-20(28)12-30-21(29)8-5-13-10-24-18-4-2-1-3-15(13)18/h1-4,6-7,9-10,24H,5,8,11-12H2,(H,25,28)(H,26,27). The number of carbonyl (C=O) groups excluding carboxylic acids is 3. The summed E-state index contributed by atoms with van der Waals surface area (Å²) in [6.45, 7) is -0.935. The number of fused-ring (bicyclic) bond motifs is 1. The van der Waals surface area contributed by atoms with Crippen molar-refractivity contribution in [3.63, 3.8) is 0 Å². The molecule has 9 heteroatoms. The van der Waals surface area contributed by atoms with E-state index in [0.29, 0.717) is 6.42 Å². The lowest BCUT2D eigenvalue weighted by Crippen LogP contribution is -2.35. The summed E-state index contributed by atoms with van der Waals surface area (Å²) >= 11 is 0. The van der Waals surface area contributed by atoms with Gasteiger partial charge < -0.3 is 20.4 Å². The van der Waals surface area contributed by atoms with Crippen molar-refractivity contribution < 1.29 is 27.9 Å². The Bertz CT molecular complexity index is 1080. The van der Waals surface area contributed by atoms with Gasteiger partial charge in [0.15, 0.2) is 18.2 Å². The minimum absolute atomic E-state index is 0.0526. The van der Waals surface area contributed by atoms with E-state index in [1.54, 1.807) is 0 Å². The molecule has 30 heavy (non-hydrogen) atoms. The lowest BCUT2D eigenvalue weighted by molar-refractivity contribution is -0.148. The summed E-state index contributed by atoms with van der Waals surface area (Å²) in [5, 5.41) is 5.61. The lowest BCUT2D eigenvalue weighted by atomic mass is 10.1. The molecule has 3 N–H and O–H groups in total. The maximum Gasteiger partial charge on any atom is 0.306 e. The van der Waals surface area contributed by atoms with E-state index in [1.165, 1.54) is 6.07 Å². The van der Waals surface area contributed by atoms with Gasteiger partial charge in [0.1, 0.15) is 0 Å². The number of hydrogen-bond acceptors (Lipinski definition) is 4. The Hall–Kier alpha value is -3.75. The predicted molar refractivity (Wildman–Crippen MR) is 106 cm³/mol. The molecule has 0 fully saturated rings. The molecule has 0 bridgehead atoms. The van der Waals surface area contributed by atoms with Crippen LogP contribution in [0.2, 0.25) is 0 Å². The second kappa shape index (κ2) is 9.64. The van der Waals surface area contributed by atoms with E-state index >= 15 is 0 Å². The predicted octanol–water partition coefficient (Wildman–Crippen LogP) is 2.68. The van der Waals surface area contributed by atoms with E-state index in [4.69, 9.17) is 4.74 Å². The molecule has 7 nitrogen and oxygen atoms in total.